The zero-order valence-electron chi connectivity index (χ0n) is 21.5. The van der Waals surface area contributed by atoms with E-state index < -0.39 is 27.9 Å². The van der Waals surface area contributed by atoms with E-state index in [9.17, 15) is 17.6 Å². The molecule has 0 saturated carbocycles. The molecule has 3 aromatic rings. The van der Waals surface area contributed by atoms with E-state index in [0.29, 0.717) is 18.7 Å². The second-order valence-corrected chi connectivity index (χ2v) is 11.9. The number of ether oxygens (including phenoxy) is 1. The fourth-order valence-corrected chi connectivity index (χ4v) is 4.80. The lowest BCUT2D eigenvalue weighted by Gasteiger charge is -2.28. The smallest absolute Gasteiger partial charge is 0.410 e. The van der Waals surface area contributed by atoms with Crippen LogP contribution in [0.4, 0.5) is 9.18 Å². The molecule has 3 heterocycles. The van der Waals surface area contributed by atoms with Gasteiger partial charge in [0.05, 0.1) is 30.3 Å². The van der Waals surface area contributed by atoms with Gasteiger partial charge in [-0.05, 0) is 69.2 Å². The van der Waals surface area contributed by atoms with E-state index in [4.69, 9.17) is 8.92 Å². The van der Waals surface area contributed by atoms with E-state index in [-0.39, 0.29) is 18.3 Å². The SMILES string of the molecule is Cn1ccc(-c2cc(-c3ccc(F)cc3)ncc2[C@@H]2C[C@H](COS(C)(=O)=O)N(C(=O)OC(C)(C)C)C2)n1. The first-order valence-corrected chi connectivity index (χ1v) is 13.7. The van der Waals surface area contributed by atoms with Crippen molar-refractivity contribution in [3.8, 4) is 22.5 Å². The zero-order valence-corrected chi connectivity index (χ0v) is 22.3. The highest BCUT2D eigenvalue weighted by molar-refractivity contribution is 7.85. The van der Waals surface area contributed by atoms with E-state index >= 15 is 0 Å². The third kappa shape index (κ3) is 6.72. The standard InChI is InChI=1S/C26H31FN4O5S/c1-26(2,3)36-25(32)31-15-18(12-20(31)16-35-37(5,33)34)22-14-28-24(17-6-8-19(27)9-7-17)13-21(22)23-10-11-30(4)29-23/h6-11,13-14,18,20H,12,15-16H2,1-5H3/t18-,20-/m1/s1. The topological polar surface area (TPSA) is 104 Å². The van der Waals surface area contributed by atoms with Gasteiger partial charge in [0, 0.05) is 43.0 Å². The Labute approximate surface area is 216 Å². The summed E-state index contributed by atoms with van der Waals surface area (Å²) in [7, 11) is -1.87. The molecule has 2 atom stereocenters. The molecule has 11 heteroatoms. The van der Waals surface area contributed by atoms with Crippen LogP contribution in [-0.4, -0.2) is 65.2 Å². The Hall–Kier alpha value is -3.31. The summed E-state index contributed by atoms with van der Waals surface area (Å²) in [5.74, 6) is -0.506. The lowest BCUT2D eigenvalue weighted by Crippen LogP contribution is -2.42. The second kappa shape index (κ2) is 10.2. The van der Waals surface area contributed by atoms with Crippen molar-refractivity contribution in [3.63, 3.8) is 0 Å². The summed E-state index contributed by atoms with van der Waals surface area (Å²) in [6.45, 7) is 5.45. The summed E-state index contributed by atoms with van der Waals surface area (Å²) >= 11 is 0. The van der Waals surface area contributed by atoms with E-state index in [1.54, 1.807) is 43.8 Å². The van der Waals surface area contributed by atoms with Gasteiger partial charge in [0.2, 0.25) is 0 Å². The molecule has 9 nitrogen and oxygen atoms in total. The van der Waals surface area contributed by atoms with Crippen molar-refractivity contribution < 1.29 is 26.5 Å². The quantitative estimate of drug-likeness (QED) is 0.436. The number of amides is 1. The van der Waals surface area contributed by atoms with E-state index in [2.05, 4.69) is 10.1 Å². The predicted molar refractivity (Wildman–Crippen MR) is 137 cm³/mol. The molecule has 1 aliphatic rings. The van der Waals surface area contributed by atoms with Gasteiger partial charge < -0.3 is 9.64 Å². The minimum atomic E-state index is -3.70. The van der Waals surface area contributed by atoms with Gasteiger partial charge in [0.25, 0.3) is 10.1 Å². The molecule has 0 unspecified atom stereocenters. The lowest BCUT2D eigenvalue weighted by atomic mass is 9.91. The Morgan fingerprint density at radius 2 is 1.86 bits per heavy atom. The van der Waals surface area contributed by atoms with Gasteiger partial charge in [-0.25, -0.2) is 9.18 Å². The van der Waals surface area contributed by atoms with Gasteiger partial charge in [-0.2, -0.15) is 13.5 Å². The molecule has 1 amide bonds. The summed E-state index contributed by atoms with van der Waals surface area (Å²) in [5, 5.41) is 4.57. The minimum Gasteiger partial charge on any atom is -0.444 e. The van der Waals surface area contributed by atoms with Crippen LogP contribution in [0.25, 0.3) is 22.5 Å². The average Bonchev–Trinajstić information content (AvgIpc) is 3.43. The Morgan fingerprint density at radius 3 is 2.46 bits per heavy atom. The number of nitrogens with zero attached hydrogens (tertiary/aromatic N) is 4. The van der Waals surface area contributed by atoms with Crippen molar-refractivity contribution in [3.05, 3.63) is 60.2 Å². The van der Waals surface area contributed by atoms with E-state index in [1.807, 2.05) is 25.4 Å². The van der Waals surface area contributed by atoms with Crippen LogP contribution in [0.3, 0.4) is 0 Å². The van der Waals surface area contributed by atoms with Crippen LogP contribution in [0, 0.1) is 5.82 Å². The number of likely N-dealkylation sites (tertiary alicyclic amines) is 1. The molecule has 0 aliphatic carbocycles. The average molecular weight is 531 g/mol. The maximum absolute atomic E-state index is 13.5. The number of benzene rings is 1. The summed E-state index contributed by atoms with van der Waals surface area (Å²) in [4.78, 5) is 19.2. The molecular formula is C26H31FN4O5S. The Morgan fingerprint density at radius 1 is 1.16 bits per heavy atom. The van der Waals surface area contributed by atoms with Crippen LogP contribution in [0.2, 0.25) is 0 Å². The normalized spacial score (nSPS) is 18.3. The Balaban J connectivity index is 1.71. The number of rotatable bonds is 6. The second-order valence-electron chi connectivity index (χ2n) is 10.2. The molecule has 1 fully saturated rings. The van der Waals surface area contributed by atoms with Gasteiger partial charge >= 0.3 is 6.09 Å². The van der Waals surface area contributed by atoms with E-state index in [0.717, 1.165) is 28.6 Å². The van der Waals surface area contributed by atoms with Crippen molar-refractivity contribution >= 4 is 16.2 Å². The van der Waals surface area contributed by atoms with Crippen molar-refractivity contribution in [2.75, 3.05) is 19.4 Å². The fourth-order valence-electron chi connectivity index (χ4n) is 4.40. The van der Waals surface area contributed by atoms with Crippen LogP contribution >= 0.6 is 0 Å². The van der Waals surface area contributed by atoms with Gasteiger partial charge in [-0.1, -0.05) is 0 Å². The molecular weight excluding hydrogens is 499 g/mol. The number of hydrogen-bond acceptors (Lipinski definition) is 7. The highest BCUT2D eigenvalue weighted by atomic mass is 32.2. The number of halogens is 1. The molecule has 1 saturated heterocycles. The third-order valence-electron chi connectivity index (χ3n) is 6.02. The van der Waals surface area contributed by atoms with Crippen LogP contribution in [0.15, 0.2) is 48.8 Å². The Kier molecular flexibility index (Phi) is 7.38. The van der Waals surface area contributed by atoms with Crippen LogP contribution < -0.4 is 0 Å². The van der Waals surface area contributed by atoms with Gasteiger partial charge in [0.15, 0.2) is 0 Å². The van der Waals surface area contributed by atoms with Crippen molar-refractivity contribution in [2.24, 2.45) is 7.05 Å². The molecule has 37 heavy (non-hydrogen) atoms. The molecule has 1 aromatic carbocycles. The first-order valence-electron chi connectivity index (χ1n) is 11.9. The van der Waals surface area contributed by atoms with Crippen LogP contribution in [0.1, 0.15) is 38.7 Å². The molecule has 2 aromatic heterocycles. The summed E-state index contributed by atoms with van der Waals surface area (Å²) in [5.41, 5.74) is 3.11. The summed E-state index contributed by atoms with van der Waals surface area (Å²) in [6.07, 6.45) is 4.48. The molecule has 0 N–H and O–H groups in total. The monoisotopic (exact) mass is 530 g/mol. The first-order chi connectivity index (χ1) is 17.3. The number of carbonyl (C=O) groups excluding carboxylic acids is 1. The maximum Gasteiger partial charge on any atom is 0.410 e. The Bertz CT molecular complexity index is 1380. The highest BCUT2D eigenvalue weighted by Crippen LogP contribution is 2.39. The number of carbonyl (C=O) groups is 1. The summed E-state index contributed by atoms with van der Waals surface area (Å²) < 4.78 is 49.2. The van der Waals surface area contributed by atoms with Crippen LogP contribution in [-0.2, 0) is 26.1 Å². The molecule has 198 valence electrons. The lowest BCUT2D eigenvalue weighted by molar-refractivity contribution is 0.0188. The van der Waals surface area contributed by atoms with Crippen molar-refractivity contribution in [1.29, 1.82) is 0 Å². The number of pyridine rings is 1. The molecule has 0 spiro atoms. The number of hydrogen-bond donors (Lipinski definition) is 0. The summed E-state index contributed by atoms with van der Waals surface area (Å²) in [6, 6.07) is 9.38. The largest absolute Gasteiger partial charge is 0.444 e. The highest BCUT2D eigenvalue weighted by Gasteiger charge is 2.40. The zero-order chi connectivity index (χ0) is 27.0. The third-order valence-corrected chi connectivity index (χ3v) is 6.59. The maximum atomic E-state index is 13.5. The molecule has 4 rings (SSSR count). The fraction of sp³-hybridized carbons (Fsp3) is 0.423. The molecule has 1 aliphatic heterocycles. The van der Waals surface area contributed by atoms with Gasteiger partial charge in [-0.3, -0.25) is 13.8 Å². The minimum absolute atomic E-state index is 0.172. The molecule has 0 bridgehead atoms. The van der Waals surface area contributed by atoms with E-state index in [1.165, 1.54) is 17.0 Å². The predicted octanol–water partition coefficient (Wildman–Crippen LogP) is 4.36. The van der Waals surface area contributed by atoms with Gasteiger partial charge in [-0.15, -0.1) is 0 Å². The first kappa shape index (κ1) is 26.7. The number of aryl methyl sites for hydroxylation is 1. The van der Waals surface area contributed by atoms with Crippen molar-refractivity contribution in [2.45, 2.75) is 44.8 Å². The van der Waals surface area contributed by atoms with Gasteiger partial charge in [0.1, 0.15) is 11.4 Å². The number of aromatic nitrogens is 3. The van der Waals surface area contributed by atoms with Crippen molar-refractivity contribution in [1.82, 2.24) is 19.7 Å². The molecule has 0 radical (unpaired) electrons. The van der Waals surface area contributed by atoms with Crippen LogP contribution in [0.5, 0.6) is 0 Å².